The number of hydrogen-bond acceptors (Lipinski definition) is 2. The van der Waals surface area contributed by atoms with Gasteiger partial charge < -0.3 is 10.0 Å². The second kappa shape index (κ2) is 5.29. The third kappa shape index (κ3) is 2.25. The van der Waals surface area contributed by atoms with Crippen molar-refractivity contribution in [2.24, 2.45) is 5.92 Å². The van der Waals surface area contributed by atoms with Crippen LogP contribution in [-0.4, -0.2) is 34.0 Å². The highest BCUT2D eigenvalue weighted by Crippen LogP contribution is 2.35. The number of rotatable bonds is 4. The van der Waals surface area contributed by atoms with E-state index in [0.29, 0.717) is 31.7 Å². The minimum absolute atomic E-state index is 0.0589. The summed E-state index contributed by atoms with van der Waals surface area (Å²) in [5, 5.41) is 9.45. The highest BCUT2D eigenvalue weighted by atomic mass is 16.4. The van der Waals surface area contributed by atoms with Gasteiger partial charge in [-0.05, 0) is 38.0 Å². The summed E-state index contributed by atoms with van der Waals surface area (Å²) in [4.78, 5) is 25.5. The number of likely N-dealkylation sites (tertiary alicyclic amines) is 1. The van der Waals surface area contributed by atoms with Crippen LogP contribution < -0.4 is 0 Å². The van der Waals surface area contributed by atoms with Gasteiger partial charge in [-0.1, -0.05) is 19.8 Å². The maximum Gasteiger partial charge on any atom is 0.329 e. The third-order valence-corrected chi connectivity index (χ3v) is 4.71. The predicted octanol–water partition coefficient (Wildman–Crippen LogP) is 2.42. The molecule has 2 fully saturated rings. The minimum atomic E-state index is -0.921. The summed E-state index contributed by atoms with van der Waals surface area (Å²) in [7, 11) is 0. The molecule has 1 atom stereocenters. The van der Waals surface area contributed by atoms with Crippen molar-refractivity contribution in [1.82, 2.24) is 4.90 Å². The molecule has 0 spiro atoms. The van der Waals surface area contributed by atoms with Crippen molar-refractivity contribution in [3.8, 4) is 0 Å². The Morgan fingerprint density at radius 2 is 1.94 bits per heavy atom. The standard InChI is InChI=1S/C14H23NO3/c1-2-14(13(17)18)8-5-9-15(14)12(16)10-11-6-3-4-7-11/h11H,2-10H2,1H3,(H,17,18). The number of aliphatic carboxylic acids is 1. The first-order chi connectivity index (χ1) is 8.60. The maximum atomic E-state index is 12.3. The van der Waals surface area contributed by atoms with Crippen LogP contribution in [0.15, 0.2) is 0 Å². The summed E-state index contributed by atoms with van der Waals surface area (Å²) in [5.41, 5.74) is -0.921. The quantitative estimate of drug-likeness (QED) is 0.837. The largest absolute Gasteiger partial charge is 0.479 e. The molecular formula is C14H23NO3. The monoisotopic (exact) mass is 253 g/mol. The van der Waals surface area contributed by atoms with Crippen molar-refractivity contribution in [2.75, 3.05) is 6.54 Å². The van der Waals surface area contributed by atoms with Crippen LogP contribution in [0.5, 0.6) is 0 Å². The summed E-state index contributed by atoms with van der Waals surface area (Å²) < 4.78 is 0. The van der Waals surface area contributed by atoms with Gasteiger partial charge in [-0.2, -0.15) is 0 Å². The Morgan fingerprint density at radius 3 is 2.50 bits per heavy atom. The van der Waals surface area contributed by atoms with Gasteiger partial charge >= 0.3 is 5.97 Å². The summed E-state index contributed by atoms with van der Waals surface area (Å²) in [5.74, 6) is -0.285. The zero-order chi connectivity index (χ0) is 13.2. The molecule has 1 unspecified atom stereocenters. The average Bonchev–Trinajstić information content (AvgIpc) is 2.96. The number of nitrogens with zero attached hydrogens (tertiary/aromatic N) is 1. The van der Waals surface area contributed by atoms with Crippen LogP contribution in [-0.2, 0) is 9.59 Å². The first kappa shape index (κ1) is 13.4. The summed E-state index contributed by atoms with van der Waals surface area (Å²) in [6.07, 6.45) is 7.18. The molecule has 1 aliphatic heterocycles. The fourth-order valence-corrected chi connectivity index (χ4v) is 3.55. The van der Waals surface area contributed by atoms with Gasteiger partial charge in [-0.3, -0.25) is 4.79 Å². The Bertz CT molecular complexity index is 336. The summed E-state index contributed by atoms with van der Waals surface area (Å²) in [6.45, 7) is 2.49. The molecule has 0 radical (unpaired) electrons. The van der Waals surface area contributed by atoms with Crippen molar-refractivity contribution in [2.45, 2.75) is 63.8 Å². The van der Waals surface area contributed by atoms with Gasteiger partial charge in [0.1, 0.15) is 5.54 Å². The second-order valence-electron chi connectivity index (χ2n) is 5.69. The SMILES string of the molecule is CCC1(C(=O)O)CCCN1C(=O)CC1CCCC1. The van der Waals surface area contributed by atoms with Gasteiger partial charge in [0.2, 0.25) is 5.91 Å². The average molecular weight is 253 g/mol. The molecule has 0 bridgehead atoms. The Balaban J connectivity index is 2.05. The van der Waals surface area contributed by atoms with E-state index in [4.69, 9.17) is 0 Å². The lowest BCUT2D eigenvalue weighted by Crippen LogP contribution is -2.52. The molecule has 1 heterocycles. The molecule has 1 amide bonds. The third-order valence-electron chi connectivity index (χ3n) is 4.71. The Morgan fingerprint density at radius 1 is 1.28 bits per heavy atom. The van der Waals surface area contributed by atoms with E-state index >= 15 is 0 Å². The van der Waals surface area contributed by atoms with Crippen LogP contribution in [0.25, 0.3) is 0 Å². The van der Waals surface area contributed by atoms with E-state index in [-0.39, 0.29) is 5.91 Å². The number of carboxylic acid groups (broad SMARTS) is 1. The van der Waals surface area contributed by atoms with E-state index in [1.54, 1.807) is 4.90 Å². The molecule has 0 aromatic heterocycles. The first-order valence-electron chi connectivity index (χ1n) is 7.14. The van der Waals surface area contributed by atoms with E-state index in [2.05, 4.69) is 0 Å². The van der Waals surface area contributed by atoms with Gasteiger partial charge in [0.05, 0.1) is 0 Å². The van der Waals surface area contributed by atoms with Crippen LogP contribution in [0.3, 0.4) is 0 Å². The highest BCUT2D eigenvalue weighted by molar-refractivity contribution is 5.87. The number of amides is 1. The van der Waals surface area contributed by atoms with Crippen molar-refractivity contribution >= 4 is 11.9 Å². The van der Waals surface area contributed by atoms with E-state index in [9.17, 15) is 14.7 Å². The molecule has 1 N–H and O–H groups in total. The molecule has 2 rings (SSSR count). The van der Waals surface area contributed by atoms with Crippen molar-refractivity contribution < 1.29 is 14.7 Å². The summed E-state index contributed by atoms with van der Waals surface area (Å²) >= 11 is 0. The molecular weight excluding hydrogens is 230 g/mol. The summed E-state index contributed by atoms with van der Waals surface area (Å²) in [6, 6.07) is 0. The Kier molecular flexibility index (Phi) is 3.93. The van der Waals surface area contributed by atoms with Crippen molar-refractivity contribution in [1.29, 1.82) is 0 Å². The number of hydrogen-bond donors (Lipinski definition) is 1. The van der Waals surface area contributed by atoms with Gasteiger partial charge in [0, 0.05) is 13.0 Å². The van der Waals surface area contributed by atoms with Gasteiger partial charge in [0.15, 0.2) is 0 Å². The molecule has 1 aliphatic carbocycles. The second-order valence-corrected chi connectivity index (χ2v) is 5.69. The molecule has 1 saturated carbocycles. The molecule has 18 heavy (non-hydrogen) atoms. The Labute approximate surface area is 108 Å². The smallest absolute Gasteiger partial charge is 0.329 e. The molecule has 0 aromatic rings. The zero-order valence-corrected chi connectivity index (χ0v) is 11.2. The normalized spacial score (nSPS) is 28.8. The van der Waals surface area contributed by atoms with Crippen LogP contribution in [0, 0.1) is 5.92 Å². The van der Waals surface area contributed by atoms with E-state index in [0.717, 1.165) is 19.3 Å². The fraction of sp³-hybridized carbons (Fsp3) is 0.857. The van der Waals surface area contributed by atoms with Gasteiger partial charge in [-0.25, -0.2) is 4.79 Å². The zero-order valence-electron chi connectivity index (χ0n) is 11.2. The van der Waals surface area contributed by atoms with E-state index < -0.39 is 11.5 Å². The number of carbonyl (C=O) groups excluding carboxylic acids is 1. The molecule has 2 aliphatic rings. The van der Waals surface area contributed by atoms with Crippen molar-refractivity contribution in [3.63, 3.8) is 0 Å². The minimum Gasteiger partial charge on any atom is -0.479 e. The number of carboxylic acids is 1. The predicted molar refractivity (Wildman–Crippen MR) is 68.2 cm³/mol. The molecule has 102 valence electrons. The molecule has 0 aromatic carbocycles. The first-order valence-corrected chi connectivity index (χ1v) is 7.14. The maximum absolute atomic E-state index is 12.3. The van der Waals surface area contributed by atoms with Gasteiger partial charge in [-0.15, -0.1) is 0 Å². The van der Waals surface area contributed by atoms with Crippen LogP contribution >= 0.6 is 0 Å². The van der Waals surface area contributed by atoms with Crippen LogP contribution in [0.4, 0.5) is 0 Å². The number of carbonyl (C=O) groups is 2. The highest BCUT2D eigenvalue weighted by Gasteiger charge is 2.48. The Hall–Kier alpha value is -1.06. The lowest BCUT2D eigenvalue weighted by molar-refractivity contribution is -0.157. The van der Waals surface area contributed by atoms with E-state index in [1.165, 1.54) is 12.8 Å². The molecule has 1 saturated heterocycles. The molecule has 4 nitrogen and oxygen atoms in total. The molecule has 4 heteroatoms. The van der Waals surface area contributed by atoms with Crippen LogP contribution in [0.1, 0.15) is 58.3 Å². The van der Waals surface area contributed by atoms with Crippen molar-refractivity contribution in [3.05, 3.63) is 0 Å². The lowest BCUT2D eigenvalue weighted by atomic mass is 9.92. The lowest BCUT2D eigenvalue weighted by Gasteiger charge is -2.34. The van der Waals surface area contributed by atoms with Crippen LogP contribution in [0.2, 0.25) is 0 Å². The topological polar surface area (TPSA) is 57.6 Å². The van der Waals surface area contributed by atoms with Gasteiger partial charge in [0.25, 0.3) is 0 Å². The van der Waals surface area contributed by atoms with E-state index in [1.807, 2.05) is 6.92 Å². The fourth-order valence-electron chi connectivity index (χ4n) is 3.55.